The fourth-order valence-electron chi connectivity index (χ4n) is 2.20. The van der Waals surface area contributed by atoms with E-state index in [1.165, 1.54) is 23.3 Å². The Bertz CT molecular complexity index is 539. The van der Waals surface area contributed by atoms with Crippen molar-refractivity contribution in [3.8, 4) is 11.1 Å². The molecule has 0 bridgehead atoms. The van der Waals surface area contributed by atoms with Crippen molar-refractivity contribution in [2.24, 2.45) is 0 Å². The van der Waals surface area contributed by atoms with E-state index in [4.69, 9.17) is 0 Å². The first-order valence-corrected chi connectivity index (χ1v) is 6.22. The van der Waals surface area contributed by atoms with Gasteiger partial charge in [-0.1, -0.05) is 32.0 Å². The minimum absolute atomic E-state index is 0.539. The van der Waals surface area contributed by atoms with Gasteiger partial charge in [-0.25, -0.2) is 8.78 Å². The SMILES string of the molecule is CCc1ccc(-c2cc(F)cc(F)c2)cc1CC. The van der Waals surface area contributed by atoms with Gasteiger partial charge >= 0.3 is 0 Å². The van der Waals surface area contributed by atoms with E-state index in [2.05, 4.69) is 13.8 Å². The topological polar surface area (TPSA) is 0 Å². The van der Waals surface area contributed by atoms with Crippen molar-refractivity contribution < 1.29 is 8.78 Å². The molecule has 0 aliphatic heterocycles. The first kappa shape index (κ1) is 12.7. The maximum Gasteiger partial charge on any atom is 0.126 e. The smallest absolute Gasteiger partial charge is 0.126 e. The summed E-state index contributed by atoms with van der Waals surface area (Å²) in [4.78, 5) is 0. The van der Waals surface area contributed by atoms with Crippen molar-refractivity contribution in [2.45, 2.75) is 26.7 Å². The van der Waals surface area contributed by atoms with Crippen LogP contribution in [0.5, 0.6) is 0 Å². The van der Waals surface area contributed by atoms with E-state index in [0.29, 0.717) is 5.56 Å². The van der Waals surface area contributed by atoms with Gasteiger partial charge in [-0.2, -0.15) is 0 Å². The second-order valence-corrected chi connectivity index (χ2v) is 4.35. The third-order valence-electron chi connectivity index (χ3n) is 3.16. The third kappa shape index (κ3) is 2.58. The molecule has 0 saturated heterocycles. The summed E-state index contributed by atoms with van der Waals surface area (Å²) in [7, 11) is 0. The molecule has 2 heteroatoms. The minimum atomic E-state index is -0.539. The highest BCUT2D eigenvalue weighted by Crippen LogP contribution is 2.25. The van der Waals surface area contributed by atoms with E-state index in [0.717, 1.165) is 24.5 Å². The molecule has 94 valence electrons. The zero-order valence-electron chi connectivity index (χ0n) is 10.6. The van der Waals surface area contributed by atoms with E-state index in [1.807, 2.05) is 18.2 Å². The maximum absolute atomic E-state index is 13.2. The fourth-order valence-corrected chi connectivity index (χ4v) is 2.20. The Hall–Kier alpha value is -1.70. The number of rotatable bonds is 3. The molecule has 0 radical (unpaired) electrons. The van der Waals surface area contributed by atoms with Gasteiger partial charge in [-0.05, 0) is 47.2 Å². The van der Waals surface area contributed by atoms with Crippen molar-refractivity contribution in [3.63, 3.8) is 0 Å². The normalized spacial score (nSPS) is 10.7. The Balaban J connectivity index is 2.50. The average Bonchev–Trinajstić information content (AvgIpc) is 2.36. The second kappa shape index (κ2) is 5.30. The number of hydrogen-bond donors (Lipinski definition) is 0. The maximum atomic E-state index is 13.2. The van der Waals surface area contributed by atoms with Crippen LogP contribution in [0.1, 0.15) is 25.0 Å². The summed E-state index contributed by atoms with van der Waals surface area (Å²) < 4.78 is 26.4. The molecular formula is C16H16F2. The predicted molar refractivity (Wildman–Crippen MR) is 70.6 cm³/mol. The molecular weight excluding hydrogens is 230 g/mol. The number of halogens is 2. The predicted octanol–water partition coefficient (Wildman–Crippen LogP) is 4.76. The molecule has 0 aromatic heterocycles. The molecule has 0 aliphatic rings. The van der Waals surface area contributed by atoms with E-state index >= 15 is 0 Å². The summed E-state index contributed by atoms with van der Waals surface area (Å²) in [5.41, 5.74) is 3.98. The molecule has 2 rings (SSSR count). The Kier molecular flexibility index (Phi) is 3.75. The number of aryl methyl sites for hydroxylation is 2. The molecule has 0 nitrogen and oxygen atoms in total. The zero-order chi connectivity index (χ0) is 13.1. The molecule has 2 aromatic carbocycles. The zero-order valence-corrected chi connectivity index (χ0v) is 10.6. The quantitative estimate of drug-likeness (QED) is 0.732. The van der Waals surface area contributed by atoms with Gasteiger partial charge in [0.1, 0.15) is 11.6 Å². The first-order chi connectivity index (χ1) is 8.63. The Morgan fingerprint density at radius 2 is 1.33 bits per heavy atom. The minimum Gasteiger partial charge on any atom is -0.207 e. The number of benzene rings is 2. The van der Waals surface area contributed by atoms with Gasteiger partial charge in [0.15, 0.2) is 0 Å². The molecule has 0 heterocycles. The second-order valence-electron chi connectivity index (χ2n) is 4.35. The number of hydrogen-bond acceptors (Lipinski definition) is 0. The molecule has 0 unspecified atom stereocenters. The van der Waals surface area contributed by atoms with Gasteiger partial charge in [-0.3, -0.25) is 0 Å². The largest absolute Gasteiger partial charge is 0.207 e. The summed E-state index contributed by atoms with van der Waals surface area (Å²) in [6.45, 7) is 4.19. The van der Waals surface area contributed by atoms with Crippen molar-refractivity contribution in [2.75, 3.05) is 0 Å². The van der Waals surface area contributed by atoms with Crippen LogP contribution < -0.4 is 0 Å². The van der Waals surface area contributed by atoms with E-state index in [1.54, 1.807) is 0 Å². The van der Waals surface area contributed by atoms with E-state index < -0.39 is 11.6 Å². The average molecular weight is 246 g/mol. The highest BCUT2D eigenvalue weighted by Gasteiger charge is 2.06. The van der Waals surface area contributed by atoms with Crippen LogP contribution in [-0.2, 0) is 12.8 Å². The lowest BCUT2D eigenvalue weighted by molar-refractivity contribution is 0.584. The van der Waals surface area contributed by atoms with Gasteiger partial charge in [-0.15, -0.1) is 0 Å². The third-order valence-corrected chi connectivity index (χ3v) is 3.16. The molecule has 0 N–H and O–H groups in total. The Morgan fingerprint density at radius 3 is 1.89 bits per heavy atom. The van der Waals surface area contributed by atoms with E-state index in [-0.39, 0.29) is 0 Å². The van der Waals surface area contributed by atoms with Gasteiger partial charge in [0.25, 0.3) is 0 Å². The lowest BCUT2D eigenvalue weighted by atomic mass is 9.96. The molecule has 0 atom stereocenters. The summed E-state index contributed by atoms with van der Waals surface area (Å²) in [6, 6.07) is 9.60. The highest BCUT2D eigenvalue weighted by atomic mass is 19.1. The van der Waals surface area contributed by atoms with Crippen molar-refractivity contribution >= 4 is 0 Å². The Morgan fingerprint density at radius 1 is 0.722 bits per heavy atom. The lowest BCUT2D eigenvalue weighted by Gasteiger charge is -2.09. The van der Waals surface area contributed by atoms with Gasteiger partial charge < -0.3 is 0 Å². The first-order valence-electron chi connectivity index (χ1n) is 6.22. The summed E-state index contributed by atoms with van der Waals surface area (Å²) in [5.74, 6) is -1.08. The van der Waals surface area contributed by atoms with Crippen molar-refractivity contribution in [1.29, 1.82) is 0 Å². The van der Waals surface area contributed by atoms with Crippen LogP contribution >= 0.6 is 0 Å². The molecule has 18 heavy (non-hydrogen) atoms. The molecule has 2 aromatic rings. The van der Waals surface area contributed by atoms with Crippen LogP contribution in [0.4, 0.5) is 8.78 Å². The summed E-state index contributed by atoms with van der Waals surface area (Å²) in [5, 5.41) is 0. The Labute approximate surface area is 106 Å². The standard InChI is InChI=1S/C16H16F2/c1-3-11-5-6-13(7-12(11)4-2)14-8-15(17)10-16(18)9-14/h5-10H,3-4H2,1-2H3. The molecule has 0 amide bonds. The van der Waals surface area contributed by atoms with Crippen LogP contribution in [0, 0.1) is 11.6 Å². The van der Waals surface area contributed by atoms with Crippen molar-refractivity contribution in [3.05, 3.63) is 59.2 Å². The van der Waals surface area contributed by atoms with Crippen LogP contribution in [0.25, 0.3) is 11.1 Å². The highest BCUT2D eigenvalue weighted by molar-refractivity contribution is 5.65. The molecule has 0 aliphatic carbocycles. The monoisotopic (exact) mass is 246 g/mol. The van der Waals surface area contributed by atoms with Crippen molar-refractivity contribution in [1.82, 2.24) is 0 Å². The van der Waals surface area contributed by atoms with Crippen LogP contribution in [-0.4, -0.2) is 0 Å². The lowest BCUT2D eigenvalue weighted by Crippen LogP contribution is -1.92. The van der Waals surface area contributed by atoms with E-state index in [9.17, 15) is 8.78 Å². The van der Waals surface area contributed by atoms with Crippen LogP contribution in [0.3, 0.4) is 0 Å². The molecule has 0 saturated carbocycles. The molecule has 0 fully saturated rings. The van der Waals surface area contributed by atoms with Gasteiger partial charge in [0, 0.05) is 6.07 Å². The fraction of sp³-hybridized carbons (Fsp3) is 0.250. The van der Waals surface area contributed by atoms with Gasteiger partial charge in [0.05, 0.1) is 0 Å². The molecule has 0 spiro atoms. The van der Waals surface area contributed by atoms with Crippen LogP contribution in [0.15, 0.2) is 36.4 Å². The summed E-state index contributed by atoms with van der Waals surface area (Å²) in [6.07, 6.45) is 1.90. The summed E-state index contributed by atoms with van der Waals surface area (Å²) >= 11 is 0. The van der Waals surface area contributed by atoms with Gasteiger partial charge in [0.2, 0.25) is 0 Å². The van der Waals surface area contributed by atoms with Crippen LogP contribution in [0.2, 0.25) is 0 Å².